The molecule has 1 aliphatic carbocycles. The van der Waals surface area contributed by atoms with Crippen LogP contribution in [0.3, 0.4) is 0 Å². The molecule has 0 amide bonds. The van der Waals surface area contributed by atoms with Crippen LogP contribution in [0, 0.1) is 0 Å². The van der Waals surface area contributed by atoms with Gasteiger partial charge in [-0.25, -0.2) is 4.98 Å². The number of alkyl halides is 3. The number of nitrogens with zero attached hydrogens (tertiary/aromatic N) is 1. The number of hydrogen-bond donors (Lipinski definition) is 1. The Kier molecular flexibility index (Phi) is 4.59. The molecule has 0 saturated heterocycles. The van der Waals surface area contributed by atoms with Crippen LogP contribution >= 0.6 is 11.3 Å². The molecule has 0 fully saturated rings. The third kappa shape index (κ3) is 3.67. The fourth-order valence-electron chi connectivity index (χ4n) is 2.89. The first-order valence-corrected chi connectivity index (χ1v) is 8.25. The van der Waals surface area contributed by atoms with E-state index in [-0.39, 0.29) is 6.04 Å². The first-order chi connectivity index (χ1) is 11.0. The Labute approximate surface area is 136 Å². The van der Waals surface area contributed by atoms with Crippen LogP contribution in [0.25, 0.3) is 0 Å². The lowest BCUT2D eigenvalue weighted by Crippen LogP contribution is -2.34. The first-order valence-electron chi connectivity index (χ1n) is 7.37. The molecule has 2 aromatic rings. The zero-order valence-electron chi connectivity index (χ0n) is 12.6. The van der Waals surface area contributed by atoms with Crippen LogP contribution in [0.1, 0.15) is 28.2 Å². The fraction of sp³-hybridized carbons (Fsp3) is 0.438. The number of methoxy groups -OCH3 is 1. The van der Waals surface area contributed by atoms with Crippen molar-refractivity contribution in [2.45, 2.75) is 38.0 Å². The predicted molar refractivity (Wildman–Crippen MR) is 82.8 cm³/mol. The largest absolute Gasteiger partial charge is 0.496 e. The number of halogens is 3. The highest BCUT2D eigenvalue weighted by atomic mass is 32.1. The fourth-order valence-corrected chi connectivity index (χ4v) is 3.64. The van der Waals surface area contributed by atoms with E-state index in [2.05, 4.69) is 16.4 Å². The molecule has 3 rings (SSSR count). The van der Waals surface area contributed by atoms with Crippen molar-refractivity contribution in [2.24, 2.45) is 0 Å². The van der Waals surface area contributed by atoms with Crippen molar-refractivity contribution in [1.29, 1.82) is 0 Å². The first kappa shape index (κ1) is 16.3. The lowest BCUT2D eigenvalue weighted by molar-refractivity contribution is -0.140. The van der Waals surface area contributed by atoms with E-state index >= 15 is 0 Å². The van der Waals surface area contributed by atoms with Gasteiger partial charge in [0.15, 0.2) is 5.69 Å². The number of fused-ring (bicyclic) bond motifs is 1. The van der Waals surface area contributed by atoms with Crippen LogP contribution in [-0.2, 0) is 25.6 Å². The lowest BCUT2D eigenvalue weighted by Gasteiger charge is -2.26. The summed E-state index contributed by atoms with van der Waals surface area (Å²) < 4.78 is 43.0. The third-order valence-electron chi connectivity index (χ3n) is 4.04. The summed E-state index contributed by atoms with van der Waals surface area (Å²) >= 11 is 1.04. The summed E-state index contributed by atoms with van der Waals surface area (Å²) in [6.45, 7) is 0.366. The molecular weight excluding hydrogens is 325 g/mol. The van der Waals surface area contributed by atoms with Gasteiger partial charge >= 0.3 is 6.18 Å². The quantitative estimate of drug-likeness (QED) is 0.917. The number of rotatable bonds is 4. The molecule has 0 aliphatic heterocycles. The Morgan fingerprint density at radius 3 is 2.91 bits per heavy atom. The Morgan fingerprint density at radius 1 is 1.39 bits per heavy atom. The Morgan fingerprint density at radius 2 is 2.22 bits per heavy atom. The van der Waals surface area contributed by atoms with Gasteiger partial charge in [0.05, 0.1) is 7.11 Å². The van der Waals surface area contributed by atoms with Gasteiger partial charge in [0, 0.05) is 18.0 Å². The standard InChI is InChI=1S/C16H17F3N2OS/c1-22-13-4-2-3-10-7-11(5-6-12(10)13)20-8-15-21-14(9-23-15)16(17,18)19/h2-4,9,11,20H,5-8H2,1H3. The van der Waals surface area contributed by atoms with Gasteiger partial charge in [-0.3, -0.25) is 0 Å². The molecule has 7 heteroatoms. The molecule has 0 saturated carbocycles. The van der Waals surface area contributed by atoms with Gasteiger partial charge in [0.2, 0.25) is 0 Å². The molecule has 124 valence electrons. The minimum atomic E-state index is -4.37. The van der Waals surface area contributed by atoms with Gasteiger partial charge in [0.1, 0.15) is 10.8 Å². The Balaban J connectivity index is 1.61. The van der Waals surface area contributed by atoms with Crippen molar-refractivity contribution in [2.75, 3.05) is 7.11 Å². The molecule has 0 bridgehead atoms. The van der Waals surface area contributed by atoms with Gasteiger partial charge in [-0.15, -0.1) is 11.3 Å². The number of nitrogens with one attached hydrogen (secondary N) is 1. The number of aromatic nitrogens is 1. The summed E-state index contributed by atoms with van der Waals surface area (Å²) in [6.07, 6.45) is -1.67. The molecule has 1 heterocycles. The monoisotopic (exact) mass is 342 g/mol. The van der Waals surface area contributed by atoms with Crippen molar-refractivity contribution >= 4 is 11.3 Å². The number of thiazole rings is 1. The van der Waals surface area contributed by atoms with E-state index in [4.69, 9.17) is 4.74 Å². The van der Waals surface area contributed by atoms with Crippen LogP contribution < -0.4 is 10.1 Å². The second-order valence-electron chi connectivity index (χ2n) is 5.54. The number of benzene rings is 1. The molecule has 1 aromatic heterocycles. The van der Waals surface area contributed by atoms with E-state index in [1.807, 2.05) is 12.1 Å². The summed E-state index contributed by atoms with van der Waals surface area (Å²) in [6, 6.07) is 6.25. The SMILES string of the molecule is COc1cccc2c1CCC(NCc1nc(C(F)(F)F)cs1)C2. The zero-order valence-corrected chi connectivity index (χ0v) is 13.4. The highest BCUT2D eigenvalue weighted by molar-refractivity contribution is 7.09. The molecule has 0 radical (unpaired) electrons. The van der Waals surface area contributed by atoms with E-state index in [0.717, 1.165) is 41.7 Å². The number of hydrogen-bond acceptors (Lipinski definition) is 4. The average molecular weight is 342 g/mol. The Bertz CT molecular complexity index is 684. The van der Waals surface area contributed by atoms with E-state index in [9.17, 15) is 13.2 Å². The second kappa shape index (κ2) is 6.49. The zero-order chi connectivity index (χ0) is 16.4. The molecular formula is C16H17F3N2OS. The van der Waals surface area contributed by atoms with Crippen molar-refractivity contribution in [3.63, 3.8) is 0 Å². The van der Waals surface area contributed by atoms with Gasteiger partial charge in [0.25, 0.3) is 0 Å². The normalized spacial score (nSPS) is 17.8. The van der Waals surface area contributed by atoms with Crippen LogP contribution in [0.2, 0.25) is 0 Å². The summed E-state index contributed by atoms with van der Waals surface area (Å²) in [7, 11) is 1.67. The number of ether oxygens (including phenoxy) is 1. The van der Waals surface area contributed by atoms with E-state index < -0.39 is 11.9 Å². The maximum Gasteiger partial charge on any atom is 0.434 e. The average Bonchev–Trinajstić information content (AvgIpc) is 3.01. The third-order valence-corrected chi connectivity index (χ3v) is 4.89. The summed E-state index contributed by atoms with van der Waals surface area (Å²) in [5, 5.41) is 4.85. The molecule has 1 aliphatic rings. The minimum Gasteiger partial charge on any atom is -0.496 e. The van der Waals surface area contributed by atoms with E-state index in [1.165, 1.54) is 11.1 Å². The van der Waals surface area contributed by atoms with Crippen molar-refractivity contribution in [3.8, 4) is 5.75 Å². The topological polar surface area (TPSA) is 34.1 Å². The Hall–Kier alpha value is -1.60. The molecule has 1 atom stereocenters. The van der Waals surface area contributed by atoms with Crippen LogP contribution in [0.15, 0.2) is 23.6 Å². The van der Waals surface area contributed by atoms with Crippen LogP contribution in [0.4, 0.5) is 13.2 Å². The highest BCUT2D eigenvalue weighted by Crippen LogP contribution is 2.31. The summed E-state index contributed by atoms with van der Waals surface area (Å²) in [5.41, 5.74) is 1.67. The van der Waals surface area contributed by atoms with E-state index in [0.29, 0.717) is 11.6 Å². The van der Waals surface area contributed by atoms with Gasteiger partial charge in [-0.2, -0.15) is 13.2 Å². The lowest BCUT2D eigenvalue weighted by atomic mass is 9.87. The maximum absolute atomic E-state index is 12.5. The summed E-state index contributed by atoms with van der Waals surface area (Å²) in [4.78, 5) is 3.65. The van der Waals surface area contributed by atoms with Crippen molar-refractivity contribution in [3.05, 3.63) is 45.4 Å². The molecule has 23 heavy (non-hydrogen) atoms. The van der Waals surface area contributed by atoms with Crippen LogP contribution in [0.5, 0.6) is 5.75 Å². The van der Waals surface area contributed by atoms with Crippen molar-refractivity contribution in [1.82, 2.24) is 10.3 Å². The van der Waals surface area contributed by atoms with Gasteiger partial charge in [-0.05, 0) is 36.5 Å². The van der Waals surface area contributed by atoms with Gasteiger partial charge < -0.3 is 10.1 Å². The van der Waals surface area contributed by atoms with Crippen molar-refractivity contribution < 1.29 is 17.9 Å². The maximum atomic E-state index is 12.5. The molecule has 1 aromatic carbocycles. The predicted octanol–water partition coefficient (Wildman–Crippen LogP) is 3.82. The van der Waals surface area contributed by atoms with E-state index in [1.54, 1.807) is 7.11 Å². The van der Waals surface area contributed by atoms with Crippen LogP contribution in [-0.4, -0.2) is 18.1 Å². The minimum absolute atomic E-state index is 0.243. The van der Waals surface area contributed by atoms with Gasteiger partial charge in [-0.1, -0.05) is 12.1 Å². The smallest absolute Gasteiger partial charge is 0.434 e. The molecule has 1 N–H and O–H groups in total. The molecule has 3 nitrogen and oxygen atoms in total. The highest BCUT2D eigenvalue weighted by Gasteiger charge is 2.33. The summed E-state index contributed by atoms with van der Waals surface area (Å²) in [5.74, 6) is 0.913. The second-order valence-corrected chi connectivity index (χ2v) is 6.49. The molecule has 0 spiro atoms. The molecule has 1 unspecified atom stereocenters.